The lowest BCUT2D eigenvalue weighted by atomic mass is 10.1. The Bertz CT molecular complexity index is 984. The normalized spacial score (nSPS) is 10.6. The summed E-state index contributed by atoms with van der Waals surface area (Å²) in [6.45, 7) is 4.71. The van der Waals surface area contributed by atoms with E-state index in [-0.39, 0.29) is 17.3 Å². The lowest BCUT2D eigenvalue weighted by Crippen LogP contribution is -2.14. The van der Waals surface area contributed by atoms with Crippen LogP contribution in [0.3, 0.4) is 0 Å². The summed E-state index contributed by atoms with van der Waals surface area (Å²) >= 11 is 1.29. The fourth-order valence-electron chi connectivity index (χ4n) is 2.59. The second-order valence-corrected chi connectivity index (χ2v) is 7.00. The molecule has 1 aromatic heterocycles. The summed E-state index contributed by atoms with van der Waals surface area (Å²) in [5.74, 6) is 0.699. The summed E-state index contributed by atoms with van der Waals surface area (Å²) in [5, 5.41) is 22.5. The fraction of sp³-hybridized carbons (Fsp3) is 0.211. The molecule has 0 aliphatic rings. The molecule has 2 aromatic carbocycles. The number of aryl methyl sites for hydroxylation is 1. The zero-order valence-electron chi connectivity index (χ0n) is 15.5. The van der Waals surface area contributed by atoms with Crippen molar-refractivity contribution in [1.82, 2.24) is 14.8 Å². The number of rotatable bonds is 7. The number of carbonyl (C=O) groups is 1. The molecule has 0 saturated carbocycles. The average Bonchev–Trinajstić information content (AvgIpc) is 3.10. The van der Waals surface area contributed by atoms with Gasteiger partial charge >= 0.3 is 0 Å². The molecule has 0 aliphatic carbocycles. The molecule has 0 unspecified atom stereocenters. The van der Waals surface area contributed by atoms with Gasteiger partial charge in [0.1, 0.15) is 0 Å². The van der Waals surface area contributed by atoms with Crippen molar-refractivity contribution in [3.05, 3.63) is 64.2 Å². The van der Waals surface area contributed by atoms with Gasteiger partial charge in [0.2, 0.25) is 5.91 Å². The van der Waals surface area contributed by atoms with E-state index in [1.807, 2.05) is 42.7 Å². The summed E-state index contributed by atoms with van der Waals surface area (Å²) < 4.78 is 1.97. The number of amides is 1. The zero-order valence-corrected chi connectivity index (χ0v) is 16.3. The number of nitro benzene ring substituents is 1. The van der Waals surface area contributed by atoms with Gasteiger partial charge in [-0.25, -0.2) is 0 Å². The highest BCUT2D eigenvalue weighted by molar-refractivity contribution is 7.99. The van der Waals surface area contributed by atoms with Crippen LogP contribution in [0.5, 0.6) is 0 Å². The number of carbonyl (C=O) groups excluding carboxylic acids is 1. The molecule has 0 radical (unpaired) electrons. The third-order valence-electron chi connectivity index (χ3n) is 4.04. The van der Waals surface area contributed by atoms with Crippen molar-refractivity contribution in [2.45, 2.75) is 25.5 Å². The quantitative estimate of drug-likeness (QED) is 0.368. The van der Waals surface area contributed by atoms with E-state index in [0.717, 1.165) is 11.4 Å². The van der Waals surface area contributed by atoms with Gasteiger partial charge in [0.15, 0.2) is 11.0 Å². The van der Waals surface area contributed by atoms with E-state index in [1.54, 1.807) is 0 Å². The van der Waals surface area contributed by atoms with Crippen molar-refractivity contribution in [3.8, 4) is 11.4 Å². The Morgan fingerprint density at radius 2 is 1.82 bits per heavy atom. The molecule has 9 heteroatoms. The van der Waals surface area contributed by atoms with Crippen LogP contribution >= 0.6 is 11.8 Å². The van der Waals surface area contributed by atoms with Crippen molar-refractivity contribution in [2.24, 2.45) is 0 Å². The van der Waals surface area contributed by atoms with Crippen molar-refractivity contribution in [1.29, 1.82) is 0 Å². The molecule has 0 aliphatic heterocycles. The highest BCUT2D eigenvalue weighted by atomic mass is 32.2. The Hall–Kier alpha value is -3.20. The molecule has 0 fully saturated rings. The van der Waals surface area contributed by atoms with E-state index in [1.165, 1.54) is 41.6 Å². The van der Waals surface area contributed by atoms with Crippen LogP contribution < -0.4 is 5.32 Å². The van der Waals surface area contributed by atoms with E-state index in [2.05, 4.69) is 15.5 Å². The van der Waals surface area contributed by atoms with Gasteiger partial charge in [-0.05, 0) is 26.0 Å². The maximum Gasteiger partial charge on any atom is 0.269 e. The van der Waals surface area contributed by atoms with Crippen molar-refractivity contribution < 1.29 is 9.72 Å². The molecule has 3 rings (SSSR count). The highest BCUT2D eigenvalue weighted by Gasteiger charge is 2.15. The molecular weight excluding hydrogens is 378 g/mol. The molecule has 1 amide bonds. The predicted molar refractivity (Wildman–Crippen MR) is 108 cm³/mol. The molecule has 0 bridgehead atoms. The number of nitrogens with zero attached hydrogens (tertiary/aromatic N) is 4. The summed E-state index contributed by atoms with van der Waals surface area (Å²) in [6, 6.07) is 13.8. The third-order valence-corrected chi connectivity index (χ3v) is 5.00. The van der Waals surface area contributed by atoms with Gasteiger partial charge in [-0.3, -0.25) is 14.9 Å². The minimum absolute atomic E-state index is 0.0212. The smallest absolute Gasteiger partial charge is 0.269 e. The lowest BCUT2D eigenvalue weighted by Gasteiger charge is -2.08. The van der Waals surface area contributed by atoms with Gasteiger partial charge in [0, 0.05) is 29.9 Å². The molecule has 8 nitrogen and oxygen atoms in total. The fourth-order valence-corrected chi connectivity index (χ4v) is 3.39. The standard InChI is InChI=1S/C19H19N5O3S/c1-3-23-18(14-6-4-13(2)5-7-14)21-22-19(23)28-12-17(25)20-15-8-10-16(11-9-15)24(26)27/h4-11H,3,12H2,1-2H3,(H,20,25). The number of thioether (sulfide) groups is 1. The van der Waals surface area contributed by atoms with Crippen LogP contribution in [0, 0.1) is 17.0 Å². The number of anilines is 1. The van der Waals surface area contributed by atoms with Gasteiger partial charge in [-0.15, -0.1) is 10.2 Å². The van der Waals surface area contributed by atoms with Crippen LogP contribution in [-0.4, -0.2) is 31.3 Å². The average molecular weight is 397 g/mol. The van der Waals surface area contributed by atoms with Crippen molar-refractivity contribution in [3.63, 3.8) is 0 Å². The number of hydrogen-bond donors (Lipinski definition) is 1. The molecule has 0 atom stereocenters. The number of aromatic nitrogens is 3. The van der Waals surface area contributed by atoms with Crippen LogP contribution in [0.25, 0.3) is 11.4 Å². The lowest BCUT2D eigenvalue weighted by molar-refractivity contribution is -0.384. The zero-order chi connectivity index (χ0) is 20.1. The predicted octanol–water partition coefficient (Wildman–Crippen LogP) is 3.91. The van der Waals surface area contributed by atoms with E-state index in [0.29, 0.717) is 17.4 Å². The number of non-ortho nitro benzene ring substituents is 1. The van der Waals surface area contributed by atoms with Gasteiger partial charge < -0.3 is 9.88 Å². The maximum absolute atomic E-state index is 12.2. The van der Waals surface area contributed by atoms with Gasteiger partial charge in [-0.2, -0.15) is 0 Å². The minimum atomic E-state index is -0.481. The van der Waals surface area contributed by atoms with Crippen molar-refractivity contribution >= 4 is 29.0 Å². The second kappa shape index (κ2) is 8.66. The molecule has 3 aromatic rings. The van der Waals surface area contributed by atoms with Gasteiger partial charge in [-0.1, -0.05) is 41.6 Å². The highest BCUT2D eigenvalue weighted by Crippen LogP contribution is 2.24. The Balaban J connectivity index is 1.64. The molecule has 28 heavy (non-hydrogen) atoms. The Labute approximate surface area is 166 Å². The third kappa shape index (κ3) is 4.55. The summed E-state index contributed by atoms with van der Waals surface area (Å²) in [6.07, 6.45) is 0. The Morgan fingerprint density at radius 1 is 1.14 bits per heavy atom. The molecule has 1 heterocycles. The van der Waals surface area contributed by atoms with E-state index in [9.17, 15) is 14.9 Å². The van der Waals surface area contributed by atoms with Crippen LogP contribution in [0.2, 0.25) is 0 Å². The molecule has 0 saturated heterocycles. The first-order chi connectivity index (χ1) is 13.5. The molecule has 0 spiro atoms. The van der Waals surface area contributed by atoms with Crippen LogP contribution in [0.1, 0.15) is 12.5 Å². The maximum atomic E-state index is 12.2. The van der Waals surface area contributed by atoms with Crippen LogP contribution in [0.15, 0.2) is 53.7 Å². The minimum Gasteiger partial charge on any atom is -0.325 e. The largest absolute Gasteiger partial charge is 0.325 e. The molecule has 144 valence electrons. The summed E-state index contributed by atoms with van der Waals surface area (Å²) in [5.41, 5.74) is 2.63. The Kier molecular flexibility index (Phi) is 6.05. The first-order valence-corrected chi connectivity index (χ1v) is 9.64. The number of nitrogens with one attached hydrogen (secondary N) is 1. The number of benzene rings is 2. The molecular formula is C19H19N5O3S. The summed E-state index contributed by atoms with van der Waals surface area (Å²) in [4.78, 5) is 22.4. The van der Waals surface area contributed by atoms with Crippen molar-refractivity contribution in [2.75, 3.05) is 11.1 Å². The Morgan fingerprint density at radius 3 is 2.43 bits per heavy atom. The van der Waals surface area contributed by atoms with E-state index >= 15 is 0 Å². The SMILES string of the molecule is CCn1c(SCC(=O)Nc2ccc([N+](=O)[O-])cc2)nnc1-c1ccc(C)cc1. The first kappa shape index (κ1) is 19.6. The van der Waals surface area contributed by atoms with Gasteiger partial charge in [0.05, 0.1) is 10.7 Å². The van der Waals surface area contributed by atoms with E-state index < -0.39 is 4.92 Å². The monoisotopic (exact) mass is 397 g/mol. The second-order valence-electron chi connectivity index (χ2n) is 6.06. The first-order valence-electron chi connectivity index (χ1n) is 8.65. The molecule has 1 N–H and O–H groups in total. The van der Waals surface area contributed by atoms with Crippen LogP contribution in [-0.2, 0) is 11.3 Å². The topological polar surface area (TPSA) is 103 Å². The number of hydrogen-bond acceptors (Lipinski definition) is 6. The van der Waals surface area contributed by atoms with Crippen LogP contribution in [0.4, 0.5) is 11.4 Å². The number of nitro groups is 1. The van der Waals surface area contributed by atoms with E-state index in [4.69, 9.17) is 0 Å². The summed E-state index contributed by atoms with van der Waals surface area (Å²) in [7, 11) is 0. The van der Waals surface area contributed by atoms with Gasteiger partial charge in [0.25, 0.3) is 5.69 Å².